The normalized spacial score (nSPS) is 14.4. The molecule has 2 amide bonds. The first-order valence-electron chi connectivity index (χ1n) is 10.4. The molecule has 174 valence electrons. The quantitative estimate of drug-likeness (QED) is 0.424. The van der Waals surface area contributed by atoms with E-state index in [-0.39, 0.29) is 23.3 Å². The highest BCUT2D eigenvalue weighted by Gasteiger charge is 2.32. The number of thioether (sulfide) groups is 1. The third-order valence-corrected chi connectivity index (χ3v) is 5.68. The number of amidine groups is 1. The molecule has 0 saturated carbocycles. The molecule has 1 aliphatic heterocycles. The van der Waals surface area contributed by atoms with Gasteiger partial charge in [0.05, 0.1) is 25.7 Å². The molecule has 1 aliphatic rings. The summed E-state index contributed by atoms with van der Waals surface area (Å²) in [6, 6.07) is 14.5. The van der Waals surface area contributed by atoms with Crippen molar-refractivity contribution in [3.63, 3.8) is 0 Å². The van der Waals surface area contributed by atoms with Gasteiger partial charge in [-0.2, -0.15) is 0 Å². The number of ether oxygens (including phenoxy) is 3. The van der Waals surface area contributed by atoms with E-state index in [1.807, 2.05) is 24.3 Å². The maximum atomic E-state index is 13.3. The van der Waals surface area contributed by atoms with Gasteiger partial charge in [0.2, 0.25) is 5.91 Å². The van der Waals surface area contributed by atoms with E-state index in [9.17, 15) is 9.59 Å². The van der Waals surface area contributed by atoms with Crippen LogP contribution in [0.3, 0.4) is 0 Å². The molecule has 1 heterocycles. The molecule has 0 spiro atoms. The second-order valence-electron chi connectivity index (χ2n) is 7.02. The van der Waals surface area contributed by atoms with Crippen LogP contribution < -0.4 is 19.7 Å². The zero-order valence-electron chi connectivity index (χ0n) is 18.9. The van der Waals surface area contributed by atoms with E-state index >= 15 is 0 Å². The first-order valence-corrected chi connectivity index (χ1v) is 11.4. The average molecular weight is 470 g/mol. The Kier molecular flexibility index (Phi) is 8.91. The lowest BCUT2D eigenvalue weighted by Gasteiger charge is -2.18. The monoisotopic (exact) mass is 469 g/mol. The molecular weight excluding hydrogens is 442 g/mol. The number of rotatable bonds is 10. The van der Waals surface area contributed by atoms with Crippen LogP contribution in [-0.4, -0.2) is 57.2 Å². The first kappa shape index (κ1) is 24.3. The van der Waals surface area contributed by atoms with Crippen molar-refractivity contribution >= 4 is 40.5 Å². The largest absolute Gasteiger partial charge is 0.497 e. The fourth-order valence-corrected chi connectivity index (χ4v) is 3.90. The Morgan fingerprint density at radius 2 is 1.85 bits per heavy atom. The number of aliphatic imine (C=N–C) groups is 1. The van der Waals surface area contributed by atoms with E-state index in [0.717, 1.165) is 17.7 Å². The molecule has 9 heteroatoms. The van der Waals surface area contributed by atoms with E-state index in [2.05, 4.69) is 10.3 Å². The van der Waals surface area contributed by atoms with Gasteiger partial charge in [-0.25, -0.2) is 4.99 Å². The molecule has 33 heavy (non-hydrogen) atoms. The fourth-order valence-electron chi connectivity index (χ4n) is 3.05. The van der Waals surface area contributed by atoms with Crippen LogP contribution in [0.1, 0.15) is 12.0 Å². The molecular formula is C24H27N3O5S. The number of hydrogen-bond acceptors (Lipinski definition) is 7. The summed E-state index contributed by atoms with van der Waals surface area (Å²) in [6.07, 6.45) is 2.45. The Labute approximate surface area is 197 Å². The van der Waals surface area contributed by atoms with Crippen molar-refractivity contribution in [2.45, 2.75) is 6.42 Å². The van der Waals surface area contributed by atoms with Crippen molar-refractivity contribution in [3.8, 4) is 11.5 Å². The molecule has 3 rings (SSSR count). The maximum absolute atomic E-state index is 13.3. The third-order valence-electron chi connectivity index (χ3n) is 4.74. The van der Waals surface area contributed by atoms with Crippen LogP contribution >= 0.6 is 11.8 Å². The molecule has 0 unspecified atom stereocenters. The smallest absolute Gasteiger partial charge is 0.283 e. The van der Waals surface area contributed by atoms with Gasteiger partial charge in [0, 0.05) is 26.3 Å². The van der Waals surface area contributed by atoms with E-state index in [4.69, 9.17) is 14.2 Å². The molecule has 2 aromatic carbocycles. The molecule has 0 atom stereocenters. The van der Waals surface area contributed by atoms with Crippen LogP contribution in [0.5, 0.6) is 11.5 Å². The topological polar surface area (TPSA) is 89.5 Å². The number of methoxy groups -OCH3 is 3. The number of carbonyl (C=O) groups is 2. The number of amides is 2. The Bertz CT molecular complexity index is 1040. The van der Waals surface area contributed by atoms with Gasteiger partial charge in [0.15, 0.2) is 5.17 Å². The molecule has 8 nitrogen and oxygen atoms in total. The Morgan fingerprint density at radius 1 is 1.09 bits per heavy atom. The van der Waals surface area contributed by atoms with Crippen LogP contribution in [0.4, 0.5) is 5.69 Å². The predicted molar refractivity (Wildman–Crippen MR) is 131 cm³/mol. The number of benzene rings is 2. The van der Waals surface area contributed by atoms with Crippen molar-refractivity contribution in [2.24, 2.45) is 4.99 Å². The van der Waals surface area contributed by atoms with Crippen LogP contribution in [0, 0.1) is 0 Å². The molecule has 0 aliphatic carbocycles. The number of anilines is 1. The van der Waals surface area contributed by atoms with Crippen molar-refractivity contribution in [3.05, 3.63) is 59.8 Å². The van der Waals surface area contributed by atoms with E-state index < -0.39 is 0 Å². The minimum atomic E-state index is -0.276. The summed E-state index contributed by atoms with van der Waals surface area (Å²) in [5, 5.41) is 3.27. The van der Waals surface area contributed by atoms with Crippen LogP contribution in [0.15, 0.2) is 59.2 Å². The number of carbonyl (C=O) groups excluding carboxylic acids is 2. The van der Waals surface area contributed by atoms with Gasteiger partial charge < -0.3 is 19.5 Å². The second-order valence-corrected chi connectivity index (χ2v) is 7.97. The van der Waals surface area contributed by atoms with Crippen molar-refractivity contribution in [2.75, 3.05) is 45.1 Å². The molecule has 0 radical (unpaired) electrons. The minimum absolute atomic E-state index is 0.134. The highest BCUT2D eigenvalue weighted by Crippen LogP contribution is 2.31. The summed E-state index contributed by atoms with van der Waals surface area (Å²) < 4.78 is 15.5. The summed E-state index contributed by atoms with van der Waals surface area (Å²) in [4.78, 5) is 31.6. The third kappa shape index (κ3) is 6.59. The minimum Gasteiger partial charge on any atom is -0.497 e. The molecule has 0 saturated heterocycles. The predicted octanol–water partition coefficient (Wildman–Crippen LogP) is 3.33. The van der Waals surface area contributed by atoms with Gasteiger partial charge in [-0.3, -0.25) is 14.5 Å². The SMILES string of the molecule is COCCCNC(=O)CSC1=N/C(=C\c2ccc(OC)cc2)C(=O)N1c1cccc(OC)c1. The van der Waals surface area contributed by atoms with Gasteiger partial charge in [-0.15, -0.1) is 0 Å². The van der Waals surface area contributed by atoms with E-state index in [0.29, 0.717) is 29.8 Å². The zero-order chi connectivity index (χ0) is 23.6. The van der Waals surface area contributed by atoms with Crippen molar-refractivity contribution in [1.82, 2.24) is 5.32 Å². The number of nitrogens with zero attached hydrogens (tertiary/aromatic N) is 2. The average Bonchev–Trinajstić information content (AvgIpc) is 3.15. The van der Waals surface area contributed by atoms with Crippen molar-refractivity contribution < 1.29 is 23.8 Å². The number of nitrogens with one attached hydrogen (secondary N) is 1. The van der Waals surface area contributed by atoms with Gasteiger partial charge >= 0.3 is 0 Å². The lowest BCUT2D eigenvalue weighted by molar-refractivity contribution is -0.118. The molecule has 2 aromatic rings. The lowest BCUT2D eigenvalue weighted by Crippen LogP contribution is -2.32. The highest BCUT2D eigenvalue weighted by molar-refractivity contribution is 8.14. The standard InChI is InChI=1S/C24H27N3O5S/c1-30-13-5-12-25-22(28)16-33-24-26-21(14-17-8-10-19(31-2)11-9-17)23(29)27(24)18-6-4-7-20(15-18)32-3/h4,6-11,14-15H,5,12-13,16H2,1-3H3,(H,25,28)/b21-14-. The van der Waals surface area contributed by atoms with Crippen LogP contribution in [0.25, 0.3) is 6.08 Å². The Morgan fingerprint density at radius 3 is 2.55 bits per heavy atom. The summed E-state index contributed by atoms with van der Waals surface area (Å²) in [7, 11) is 4.79. The van der Waals surface area contributed by atoms with Gasteiger partial charge in [-0.05, 0) is 42.3 Å². The van der Waals surface area contributed by atoms with Crippen LogP contribution in [-0.2, 0) is 14.3 Å². The fraction of sp³-hybridized carbons (Fsp3) is 0.292. The lowest BCUT2D eigenvalue weighted by atomic mass is 10.2. The van der Waals surface area contributed by atoms with E-state index in [1.54, 1.807) is 51.7 Å². The molecule has 0 fully saturated rings. The second kappa shape index (κ2) is 12.1. The van der Waals surface area contributed by atoms with Gasteiger partial charge in [0.1, 0.15) is 17.2 Å². The molecule has 0 aromatic heterocycles. The number of hydrogen-bond donors (Lipinski definition) is 1. The summed E-state index contributed by atoms with van der Waals surface area (Å²) >= 11 is 1.21. The zero-order valence-corrected chi connectivity index (χ0v) is 19.7. The highest BCUT2D eigenvalue weighted by atomic mass is 32.2. The summed E-state index contributed by atoms with van der Waals surface area (Å²) in [6.45, 7) is 1.11. The van der Waals surface area contributed by atoms with Gasteiger partial charge in [-0.1, -0.05) is 30.0 Å². The van der Waals surface area contributed by atoms with Gasteiger partial charge in [0.25, 0.3) is 5.91 Å². The first-order chi connectivity index (χ1) is 16.0. The van der Waals surface area contributed by atoms with Crippen LogP contribution in [0.2, 0.25) is 0 Å². The van der Waals surface area contributed by atoms with E-state index in [1.165, 1.54) is 16.7 Å². The Balaban J connectivity index is 1.82. The summed E-state index contributed by atoms with van der Waals surface area (Å²) in [5.41, 5.74) is 1.71. The Hall–Kier alpha value is -3.30. The maximum Gasteiger partial charge on any atom is 0.283 e. The summed E-state index contributed by atoms with van der Waals surface area (Å²) in [5.74, 6) is 1.07. The molecule has 0 bridgehead atoms. The van der Waals surface area contributed by atoms with Crippen molar-refractivity contribution in [1.29, 1.82) is 0 Å². The molecule has 1 N–H and O–H groups in total.